The van der Waals surface area contributed by atoms with E-state index in [0.29, 0.717) is 11.8 Å². The quantitative estimate of drug-likeness (QED) is 0.769. The second-order valence-corrected chi connectivity index (χ2v) is 5.29. The van der Waals surface area contributed by atoms with Crippen molar-refractivity contribution in [3.8, 4) is 5.75 Å². The standard InChI is InChI=1S/C15H22O3/c16-9-1-2-11-5-8-14(18)10-15(11)12-3-6-13(17)7-4-12/h3-4,6-7,11,14-18H,1-2,5,8-10H2. The summed E-state index contributed by atoms with van der Waals surface area (Å²) < 4.78 is 0. The Balaban J connectivity index is 2.11. The zero-order valence-corrected chi connectivity index (χ0v) is 10.6. The highest BCUT2D eigenvalue weighted by molar-refractivity contribution is 5.29. The summed E-state index contributed by atoms with van der Waals surface area (Å²) in [5.41, 5.74) is 1.19. The molecule has 1 fully saturated rings. The van der Waals surface area contributed by atoms with E-state index in [1.54, 1.807) is 12.1 Å². The van der Waals surface area contributed by atoms with Gasteiger partial charge < -0.3 is 15.3 Å². The Morgan fingerprint density at radius 2 is 1.83 bits per heavy atom. The number of phenolic OH excluding ortho intramolecular Hbond substituents is 1. The van der Waals surface area contributed by atoms with Crippen molar-refractivity contribution in [2.45, 2.75) is 44.1 Å². The lowest BCUT2D eigenvalue weighted by Gasteiger charge is -2.34. The number of rotatable bonds is 4. The minimum absolute atomic E-state index is 0.214. The van der Waals surface area contributed by atoms with Crippen molar-refractivity contribution in [1.82, 2.24) is 0 Å². The van der Waals surface area contributed by atoms with E-state index in [4.69, 9.17) is 5.11 Å². The molecular formula is C15H22O3. The summed E-state index contributed by atoms with van der Waals surface area (Å²) in [6, 6.07) is 7.31. The molecule has 3 nitrogen and oxygen atoms in total. The van der Waals surface area contributed by atoms with E-state index in [9.17, 15) is 10.2 Å². The Kier molecular flexibility index (Phi) is 4.61. The Hall–Kier alpha value is -1.06. The van der Waals surface area contributed by atoms with Crippen molar-refractivity contribution in [1.29, 1.82) is 0 Å². The fourth-order valence-electron chi connectivity index (χ4n) is 3.04. The molecule has 1 aliphatic carbocycles. The van der Waals surface area contributed by atoms with Crippen LogP contribution in [0.1, 0.15) is 43.6 Å². The first-order valence-corrected chi connectivity index (χ1v) is 6.78. The second-order valence-electron chi connectivity index (χ2n) is 5.29. The van der Waals surface area contributed by atoms with Crippen LogP contribution in [0, 0.1) is 5.92 Å². The summed E-state index contributed by atoms with van der Waals surface area (Å²) in [6.45, 7) is 0.237. The lowest BCUT2D eigenvalue weighted by Crippen LogP contribution is -2.26. The van der Waals surface area contributed by atoms with E-state index in [1.807, 2.05) is 12.1 Å². The van der Waals surface area contributed by atoms with Crippen LogP contribution in [-0.4, -0.2) is 28.0 Å². The molecule has 0 heterocycles. The molecule has 3 unspecified atom stereocenters. The van der Waals surface area contributed by atoms with Gasteiger partial charge in [0.15, 0.2) is 0 Å². The Morgan fingerprint density at radius 1 is 1.11 bits per heavy atom. The van der Waals surface area contributed by atoms with Crippen LogP contribution in [0.4, 0.5) is 0 Å². The van der Waals surface area contributed by atoms with Gasteiger partial charge in [0.05, 0.1) is 6.10 Å². The number of benzene rings is 1. The van der Waals surface area contributed by atoms with E-state index in [2.05, 4.69) is 0 Å². The number of aliphatic hydroxyl groups is 2. The van der Waals surface area contributed by atoms with Gasteiger partial charge in [-0.1, -0.05) is 12.1 Å². The van der Waals surface area contributed by atoms with Crippen LogP contribution >= 0.6 is 0 Å². The fourth-order valence-corrected chi connectivity index (χ4v) is 3.04. The number of phenols is 1. The molecule has 1 aromatic carbocycles. The summed E-state index contributed by atoms with van der Waals surface area (Å²) in [4.78, 5) is 0. The van der Waals surface area contributed by atoms with E-state index in [1.165, 1.54) is 5.56 Å². The molecule has 0 aliphatic heterocycles. The number of aromatic hydroxyl groups is 1. The minimum Gasteiger partial charge on any atom is -0.508 e. The second kappa shape index (κ2) is 6.21. The first-order chi connectivity index (χ1) is 8.70. The third kappa shape index (κ3) is 3.24. The van der Waals surface area contributed by atoms with Gasteiger partial charge in [0.25, 0.3) is 0 Å². The highest BCUT2D eigenvalue weighted by atomic mass is 16.3. The van der Waals surface area contributed by atoms with Crippen LogP contribution in [0.25, 0.3) is 0 Å². The van der Waals surface area contributed by atoms with Crippen molar-refractivity contribution in [3.63, 3.8) is 0 Å². The zero-order valence-electron chi connectivity index (χ0n) is 10.6. The number of hydrogen-bond acceptors (Lipinski definition) is 3. The first-order valence-electron chi connectivity index (χ1n) is 6.78. The maximum Gasteiger partial charge on any atom is 0.115 e. The molecule has 100 valence electrons. The molecule has 3 heteroatoms. The van der Waals surface area contributed by atoms with E-state index in [-0.39, 0.29) is 18.5 Å². The highest BCUT2D eigenvalue weighted by Gasteiger charge is 2.30. The minimum atomic E-state index is -0.214. The van der Waals surface area contributed by atoms with Gasteiger partial charge in [-0.25, -0.2) is 0 Å². The van der Waals surface area contributed by atoms with Gasteiger partial charge in [0, 0.05) is 6.61 Å². The molecule has 0 aromatic heterocycles. The third-order valence-electron chi connectivity index (χ3n) is 4.02. The lowest BCUT2D eigenvalue weighted by atomic mass is 9.72. The molecule has 0 saturated heterocycles. The van der Waals surface area contributed by atoms with Crippen LogP contribution in [0.15, 0.2) is 24.3 Å². The van der Waals surface area contributed by atoms with Crippen molar-refractivity contribution in [2.75, 3.05) is 6.61 Å². The average Bonchev–Trinajstić information content (AvgIpc) is 2.38. The van der Waals surface area contributed by atoms with E-state index in [0.717, 1.165) is 32.1 Å². The van der Waals surface area contributed by atoms with Crippen molar-refractivity contribution < 1.29 is 15.3 Å². The summed E-state index contributed by atoms with van der Waals surface area (Å²) in [5.74, 6) is 1.16. The SMILES string of the molecule is OCCCC1CCC(O)CC1c1ccc(O)cc1. The molecule has 0 amide bonds. The monoisotopic (exact) mass is 250 g/mol. The van der Waals surface area contributed by atoms with Gasteiger partial charge in [0.1, 0.15) is 5.75 Å². The summed E-state index contributed by atoms with van der Waals surface area (Å²) in [5, 5.41) is 28.1. The van der Waals surface area contributed by atoms with Crippen molar-refractivity contribution >= 4 is 0 Å². The summed E-state index contributed by atoms with van der Waals surface area (Å²) >= 11 is 0. The molecule has 0 radical (unpaired) electrons. The smallest absolute Gasteiger partial charge is 0.115 e. The van der Waals surface area contributed by atoms with Crippen LogP contribution in [0.5, 0.6) is 5.75 Å². The first kappa shape index (κ1) is 13.4. The summed E-state index contributed by atoms with van der Waals surface area (Å²) in [7, 11) is 0. The van der Waals surface area contributed by atoms with Crippen LogP contribution in [0.3, 0.4) is 0 Å². The normalized spacial score (nSPS) is 28.2. The topological polar surface area (TPSA) is 60.7 Å². The van der Waals surface area contributed by atoms with Gasteiger partial charge in [-0.2, -0.15) is 0 Å². The van der Waals surface area contributed by atoms with Crippen molar-refractivity contribution in [3.05, 3.63) is 29.8 Å². The Morgan fingerprint density at radius 3 is 2.50 bits per heavy atom. The van der Waals surface area contributed by atoms with Crippen LogP contribution < -0.4 is 0 Å². The molecule has 1 aromatic rings. The number of aliphatic hydroxyl groups excluding tert-OH is 2. The molecule has 3 N–H and O–H groups in total. The van der Waals surface area contributed by atoms with Gasteiger partial charge >= 0.3 is 0 Å². The summed E-state index contributed by atoms with van der Waals surface area (Å²) in [6.07, 6.45) is 4.30. The zero-order chi connectivity index (χ0) is 13.0. The number of hydrogen-bond donors (Lipinski definition) is 3. The van der Waals surface area contributed by atoms with Gasteiger partial charge in [0.2, 0.25) is 0 Å². The molecule has 3 atom stereocenters. The Labute approximate surface area is 108 Å². The maximum absolute atomic E-state index is 9.84. The molecule has 1 aliphatic rings. The van der Waals surface area contributed by atoms with E-state index < -0.39 is 0 Å². The van der Waals surface area contributed by atoms with Gasteiger partial charge in [-0.15, -0.1) is 0 Å². The molecule has 18 heavy (non-hydrogen) atoms. The molecule has 0 bridgehead atoms. The van der Waals surface area contributed by atoms with Gasteiger partial charge in [-0.3, -0.25) is 0 Å². The molecule has 2 rings (SSSR count). The molecular weight excluding hydrogens is 228 g/mol. The van der Waals surface area contributed by atoms with Crippen LogP contribution in [-0.2, 0) is 0 Å². The van der Waals surface area contributed by atoms with Crippen LogP contribution in [0.2, 0.25) is 0 Å². The largest absolute Gasteiger partial charge is 0.508 e. The fraction of sp³-hybridized carbons (Fsp3) is 0.600. The highest BCUT2D eigenvalue weighted by Crippen LogP contribution is 2.40. The molecule has 1 saturated carbocycles. The van der Waals surface area contributed by atoms with Crippen molar-refractivity contribution in [2.24, 2.45) is 5.92 Å². The van der Waals surface area contributed by atoms with E-state index >= 15 is 0 Å². The third-order valence-corrected chi connectivity index (χ3v) is 4.02. The maximum atomic E-state index is 9.84. The average molecular weight is 250 g/mol. The predicted octanol–water partition coefficient (Wildman–Crippen LogP) is 2.41. The van der Waals surface area contributed by atoms with Gasteiger partial charge in [-0.05, 0) is 61.6 Å². The lowest BCUT2D eigenvalue weighted by molar-refractivity contribution is 0.0886. The predicted molar refractivity (Wildman–Crippen MR) is 70.5 cm³/mol. The molecule has 0 spiro atoms. The Bertz CT molecular complexity index is 359.